The van der Waals surface area contributed by atoms with E-state index in [-0.39, 0.29) is 5.92 Å². The Balaban J connectivity index is 1.82. The highest BCUT2D eigenvalue weighted by molar-refractivity contribution is 6.02. The summed E-state index contributed by atoms with van der Waals surface area (Å²) < 4.78 is 0. The molecule has 0 bridgehead atoms. The molecule has 20 heavy (non-hydrogen) atoms. The summed E-state index contributed by atoms with van der Waals surface area (Å²) in [5.74, 6) is 0.667. The van der Waals surface area contributed by atoms with Crippen LogP contribution in [0.1, 0.15) is 61.7 Å². The molecule has 2 heteroatoms. The Bertz CT molecular complexity index is 456. The van der Waals surface area contributed by atoms with Gasteiger partial charge >= 0.3 is 0 Å². The van der Waals surface area contributed by atoms with Crippen LogP contribution < -0.4 is 4.90 Å². The van der Waals surface area contributed by atoms with Gasteiger partial charge in [0.25, 0.3) is 0 Å². The molecule has 0 radical (unpaired) electrons. The van der Waals surface area contributed by atoms with Crippen LogP contribution in [0.5, 0.6) is 0 Å². The summed E-state index contributed by atoms with van der Waals surface area (Å²) in [6.45, 7) is 2.21. The van der Waals surface area contributed by atoms with Gasteiger partial charge in [0, 0.05) is 30.3 Å². The predicted molar refractivity (Wildman–Crippen MR) is 83.4 cm³/mol. The summed E-state index contributed by atoms with van der Waals surface area (Å²) in [7, 11) is 0. The number of nitrogens with zero attached hydrogens (tertiary/aromatic N) is 1. The number of ketones is 1. The second-order valence-corrected chi connectivity index (χ2v) is 6.26. The van der Waals surface area contributed by atoms with E-state index in [1.807, 2.05) is 12.1 Å². The van der Waals surface area contributed by atoms with E-state index in [1.165, 1.54) is 44.2 Å². The predicted octanol–water partition coefficient (Wildman–Crippen LogP) is 4.44. The minimum atomic E-state index is 0.273. The molecular formula is C18H25NO. The van der Waals surface area contributed by atoms with Gasteiger partial charge in [-0.1, -0.05) is 31.4 Å². The maximum atomic E-state index is 12.8. The summed E-state index contributed by atoms with van der Waals surface area (Å²) >= 11 is 0. The third-order valence-electron chi connectivity index (χ3n) is 4.84. The lowest BCUT2D eigenvalue weighted by atomic mass is 9.83. The quantitative estimate of drug-likeness (QED) is 0.757. The average molecular weight is 271 g/mol. The maximum absolute atomic E-state index is 12.8. The summed E-state index contributed by atoms with van der Waals surface area (Å²) in [6.07, 6.45) is 9.77. The number of hydrogen-bond acceptors (Lipinski definition) is 2. The Morgan fingerprint density at radius 3 is 2.30 bits per heavy atom. The molecule has 1 saturated carbocycles. The van der Waals surface area contributed by atoms with Gasteiger partial charge in [-0.3, -0.25) is 4.79 Å². The third-order valence-corrected chi connectivity index (χ3v) is 4.84. The van der Waals surface area contributed by atoms with E-state index in [4.69, 9.17) is 0 Å². The molecule has 1 aliphatic heterocycles. The van der Waals surface area contributed by atoms with Gasteiger partial charge in [0.1, 0.15) is 0 Å². The first-order chi connectivity index (χ1) is 9.86. The van der Waals surface area contributed by atoms with Crippen molar-refractivity contribution in [1.82, 2.24) is 0 Å². The number of anilines is 1. The standard InChI is InChI=1S/C18H25NO/c20-18(15-9-3-1-4-10-15)16-11-5-6-12-17(16)19-13-7-2-8-14-19/h5-6,11-12,15H,1-4,7-10,13-14H2. The Kier molecular flexibility index (Phi) is 4.39. The summed E-state index contributed by atoms with van der Waals surface area (Å²) in [5, 5.41) is 0. The van der Waals surface area contributed by atoms with Crippen molar-refractivity contribution < 1.29 is 4.79 Å². The van der Waals surface area contributed by atoms with Gasteiger partial charge in [-0.15, -0.1) is 0 Å². The average Bonchev–Trinajstić information content (AvgIpc) is 2.56. The molecule has 2 fully saturated rings. The van der Waals surface area contributed by atoms with Crippen LogP contribution in [0.2, 0.25) is 0 Å². The van der Waals surface area contributed by atoms with Gasteiger partial charge in [0.05, 0.1) is 0 Å². The molecule has 1 aromatic carbocycles. The number of carbonyl (C=O) groups excluding carboxylic acids is 1. The van der Waals surface area contributed by atoms with E-state index >= 15 is 0 Å². The van der Waals surface area contributed by atoms with Gasteiger partial charge in [-0.25, -0.2) is 0 Å². The van der Waals surface area contributed by atoms with Crippen molar-refractivity contribution >= 4 is 11.5 Å². The van der Waals surface area contributed by atoms with E-state index in [9.17, 15) is 4.79 Å². The maximum Gasteiger partial charge on any atom is 0.168 e. The molecule has 0 atom stereocenters. The van der Waals surface area contributed by atoms with E-state index in [1.54, 1.807) is 0 Å². The number of rotatable bonds is 3. The Morgan fingerprint density at radius 2 is 1.55 bits per heavy atom. The van der Waals surface area contributed by atoms with Crippen LogP contribution in [0.3, 0.4) is 0 Å². The molecule has 1 saturated heterocycles. The van der Waals surface area contributed by atoms with Crippen molar-refractivity contribution in [3.8, 4) is 0 Å². The first kappa shape index (κ1) is 13.7. The van der Waals surface area contributed by atoms with Crippen LogP contribution in [-0.2, 0) is 0 Å². The summed E-state index contributed by atoms with van der Waals surface area (Å²) in [4.78, 5) is 15.3. The highest BCUT2D eigenvalue weighted by Gasteiger charge is 2.25. The Morgan fingerprint density at radius 1 is 0.900 bits per heavy atom. The number of Topliss-reactive ketones (excluding diaryl/α,β-unsaturated/α-hetero) is 1. The third kappa shape index (κ3) is 2.89. The number of carbonyl (C=O) groups is 1. The summed E-state index contributed by atoms with van der Waals surface area (Å²) in [5.41, 5.74) is 2.16. The van der Waals surface area contributed by atoms with Crippen LogP contribution in [0.25, 0.3) is 0 Å². The molecule has 2 nitrogen and oxygen atoms in total. The second-order valence-electron chi connectivity index (χ2n) is 6.26. The minimum absolute atomic E-state index is 0.273. The van der Waals surface area contributed by atoms with Gasteiger partial charge < -0.3 is 4.90 Å². The van der Waals surface area contributed by atoms with E-state index in [2.05, 4.69) is 17.0 Å². The smallest absolute Gasteiger partial charge is 0.168 e. The van der Waals surface area contributed by atoms with Crippen LogP contribution in [0, 0.1) is 5.92 Å². The van der Waals surface area contributed by atoms with Crippen LogP contribution in [0.4, 0.5) is 5.69 Å². The molecule has 1 aliphatic carbocycles. The van der Waals surface area contributed by atoms with Gasteiger partial charge in [0.2, 0.25) is 0 Å². The molecule has 0 amide bonds. The van der Waals surface area contributed by atoms with Crippen molar-refractivity contribution in [3.63, 3.8) is 0 Å². The molecular weight excluding hydrogens is 246 g/mol. The zero-order chi connectivity index (χ0) is 13.8. The Hall–Kier alpha value is -1.31. The highest BCUT2D eigenvalue weighted by Crippen LogP contribution is 2.31. The van der Waals surface area contributed by atoms with E-state index < -0.39 is 0 Å². The molecule has 1 heterocycles. The molecule has 0 spiro atoms. The molecule has 3 rings (SSSR count). The molecule has 0 aromatic heterocycles. The monoisotopic (exact) mass is 271 g/mol. The van der Waals surface area contributed by atoms with Crippen LogP contribution >= 0.6 is 0 Å². The molecule has 2 aliphatic rings. The molecule has 0 N–H and O–H groups in total. The lowest BCUT2D eigenvalue weighted by Gasteiger charge is -2.31. The SMILES string of the molecule is O=C(c1ccccc1N1CCCCC1)C1CCCCC1. The lowest BCUT2D eigenvalue weighted by molar-refractivity contribution is 0.0890. The van der Waals surface area contributed by atoms with Crippen molar-refractivity contribution in [1.29, 1.82) is 0 Å². The number of hydrogen-bond donors (Lipinski definition) is 0. The van der Waals surface area contributed by atoms with Crippen molar-refractivity contribution in [3.05, 3.63) is 29.8 Å². The van der Waals surface area contributed by atoms with Gasteiger partial charge in [-0.2, -0.15) is 0 Å². The molecule has 0 unspecified atom stereocenters. The minimum Gasteiger partial charge on any atom is -0.371 e. The van der Waals surface area contributed by atoms with E-state index in [0.717, 1.165) is 31.5 Å². The van der Waals surface area contributed by atoms with E-state index in [0.29, 0.717) is 5.78 Å². The fourth-order valence-electron chi connectivity index (χ4n) is 3.68. The highest BCUT2D eigenvalue weighted by atomic mass is 16.1. The van der Waals surface area contributed by atoms with Crippen molar-refractivity contribution in [2.45, 2.75) is 51.4 Å². The largest absolute Gasteiger partial charge is 0.371 e. The number of piperidine rings is 1. The second kappa shape index (κ2) is 6.43. The fourth-order valence-corrected chi connectivity index (χ4v) is 3.68. The molecule has 1 aromatic rings. The van der Waals surface area contributed by atoms with Gasteiger partial charge in [0.15, 0.2) is 5.78 Å². The number of para-hydroxylation sites is 1. The number of benzene rings is 1. The summed E-state index contributed by atoms with van der Waals surface area (Å²) in [6, 6.07) is 8.27. The normalized spacial score (nSPS) is 20.9. The van der Waals surface area contributed by atoms with Crippen molar-refractivity contribution in [2.75, 3.05) is 18.0 Å². The topological polar surface area (TPSA) is 20.3 Å². The lowest BCUT2D eigenvalue weighted by Crippen LogP contribution is -2.31. The van der Waals surface area contributed by atoms with Crippen molar-refractivity contribution in [2.24, 2.45) is 5.92 Å². The van der Waals surface area contributed by atoms with Gasteiger partial charge in [-0.05, 0) is 44.2 Å². The van der Waals surface area contributed by atoms with Crippen LogP contribution in [0.15, 0.2) is 24.3 Å². The first-order valence-corrected chi connectivity index (χ1v) is 8.24. The Labute approximate surface area is 122 Å². The first-order valence-electron chi connectivity index (χ1n) is 8.24. The fraction of sp³-hybridized carbons (Fsp3) is 0.611. The zero-order valence-electron chi connectivity index (χ0n) is 12.3. The molecule has 108 valence electrons. The zero-order valence-corrected chi connectivity index (χ0v) is 12.3. The van der Waals surface area contributed by atoms with Crippen LogP contribution in [-0.4, -0.2) is 18.9 Å².